The van der Waals surface area contributed by atoms with Crippen LogP contribution in [0.2, 0.25) is 0 Å². The van der Waals surface area contributed by atoms with E-state index in [1.165, 1.54) is 27.8 Å². The number of anilines is 2. The van der Waals surface area contributed by atoms with Gasteiger partial charge in [-0.15, -0.1) is 21.5 Å². The molecule has 0 spiro atoms. The van der Waals surface area contributed by atoms with Crippen molar-refractivity contribution in [2.75, 3.05) is 24.2 Å². The third-order valence-corrected chi connectivity index (χ3v) is 8.34. The third kappa shape index (κ3) is 4.89. The summed E-state index contributed by atoms with van der Waals surface area (Å²) in [6, 6.07) is 18.1. The Morgan fingerprint density at radius 1 is 1.10 bits per heavy atom. The van der Waals surface area contributed by atoms with E-state index in [1.807, 2.05) is 47.4 Å². The molecule has 1 N–H and O–H groups in total. The van der Waals surface area contributed by atoms with Crippen LogP contribution in [0.15, 0.2) is 58.9 Å². The average molecular weight is 468 g/mol. The number of benzene rings is 2. The Balaban J connectivity index is 1.17. The van der Waals surface area contributed by atoms with Gasteiger partial charge in [0.15, 0.2) is 4.34 Å². The van der Waals surface area contributed by atoms with Crippen LogP contribution in [0.3, 0.4) is 0 Å². The summed E-state index contributed by atoms with van der Waals surface area (Å²) in [6.07, 6.45) is 2.10. The van der Waals surface area contributed by atoms with Gasteiger partial charge < -0.3 is 10.2 Å². The van der Waals surface area contributed by atoms with Crippen molar-refractivity contribution in [2.24, 2.45) is 0 Å². The largest absolute Gasteiger partial charge is 0.341 e. The van der Waals surface area contributed by atoms with Crippen LogP contribution < -0.4 is 5.32 Å². The van der Waals surface area contributed by atoms with E-state index in [4.69, 9.17) is 4.98 Å². The van der Waals surface area contributed by atoms with Crippen molar-refractivity contribution < 1.29 is 4.79 Å². The standard InChI is InChI=1S/C22H21N5OS3/c28-19(14-29-22-26-25-21(31-22)23-16-8-2-1-3-9-16)27-12-6-7-15(13-27)20-24-17-10-4-5-11-18(17)30-20/h1-5,8-11,15H,6-7,12-14H2,(H,23,25)/t15-/m0/s1. The predicted octanol–water partition coefficient (Wildman–Crippen LogP) is 5.39. The first-order chi connectivity index (χ1) is 15.2. The summed E-state index contributed by atoms with van der Waals surface area (Å²) in [7, 11) is 0. The van der Waals surface area contributed by atoms with Gasteiger partial charge in [0, 0.05) is 24.7 Å². The minimum atomic E-state index is 0.156. The Bertz CT molecular complexity index is 1140. The molecule has 0 bridgehead atoms. The number of fused-ring (bicyclic) bond motifs is 1. The lowest BCUT2D eigenvalue weighted by atomic mass is 9.99. The molecule has 31 heavy (non-hydrogen) atoms. The number of hydrogen-bond donors (Lipinski definition) is 1. The second-order valence-electron chi connectivity index (χ2n) is 7.35. The van der Waals surface area contributed by atoms with Gasteiger partial charge >= 0.3 is 0 Å². The molecule has 0 radical (unpaired) electrons. The molecular weight excluding hydrogens is 446 g/mol. The molecule has 1 aliphatic rings. The number of para-hydroxylation sites is 2. The summed E-state index contributed by atoms with van der Waals surface area (Å²) in [5.41, 5.74) is 2.03. The van der Waals surface area contributed by atoms with Crippen molar-refractivity contribution in [3.8, 4) is 0 Å². The first kappa shape index (κ1) is 20.4. The molecule has 5 rings (SSSR count). The van der Waals surface area contributed by atoms with Gasteiger partial charge in [0.1, 0.15) is 0 Å². The van der Waals surface area contributed by atoms with Crippen LogP contribution in [-0.4, -0.2) is 44.8 Å². The molecule has 158 valence electrons. The number of carbonyl (C=O) groups is 1. The van der Waals surface area contributed by atoms with Crippen molar-refractivity contribution in [1.82, 2.24) is 20.1 Å². The summed E-state index contributed by atoms with van der Waals surface area (Å²) < 4.78 is 2.01. The van der Waals surface area contributed by atoms with Crippen LogP contribution in [0.25, 0.3) is 10.2 Å². The van der Waals surface area contributed by atoms with Gasteiger partial charge in [0.2, 0.25) is 11.0 Å². The van der Waals surface area contributed by atoms with Crippen LogP contribution >= 0.6 is 34.4 Å². The fourth-order valence-corrected chi connectivity index (χ4v) is 6.42. The van der Waals surface area contributed by atoms with E-state index >= 15 is 0 Å². The van der Waals surface area contributed by atoms with Crippen LogP contribution in [-0.2, 0) is 4.79 Å². The number of thiazole rings is 1. The molecule has 2 aromatic carbocycles. The summed E-state index contributed by atoms with van der Waals surface area (Å²) in [6.45, 7) is 1.56. The lowest BCUT2D eigenvalue weighted by molar-refractivity contribution is -0.129. The number of amides is 1. The van der Waals surface area contributed by atoms with E-state index in [9.17, 15) is 4.79 Å². The molecule has 0 unspecified atom stereocenters. The third-order valence-electron chi connectivity index (χ3n) is 5.18. The highest BCUT2D eigenvalue weighted by Crippen LogP contribution is 2.33. The molecule has 1 atom stereocenters. The first-order valence-corrected chi connectivity index (χ1v) is 12.8. The highest BCUT2D eigenvalue weighted by Gasteiger charge is 2.27. The Morgan fingerprint density at radius 3 is 2.81 bits per heavy atom. The number of piperidine rings is 1. The van der Waals surface area contributed by atoms with Gasteiger partial charge in [-0.05, 0) is 37.1 Å². The Morgan fingerprint density at radius 2 is 1.94 bits per heavy atom. The second-order valence-corrected chi connectivity index (χ2v) is 10.6. The zero-order valence-electron chi connectivity index (χ0n) is 16.7. The summed E-state index contributed by atoms with van der Waals surface area (Å²) in [5, 5.41) is 13.5. The molecule has 0 aliphatic carbocycles. The molecule has 9 heteroatoms. The lowest BCUT2D eigenvalue weighted by Crippen LogP contribution is -2.40. The van der Waals surface area contributed by atoms with E-state index in [1.54, 1.807) is 11.3 Å². The summed E-state index contributed by atoms with van der Waals surface area (Å²) in [4.78, 5) is 19.6. The van der Waals surface area contributed by atoms with Gasteiger partial charge in [-0.25, -0.2) is 4.98 Å². The molecule has 3 heterocycles. The van der Waals surface area contributed by atoms with Crippen LogP contribution in [0.1, 0.15) is 23.8 Å². The number of likely N-dealkylation sites (tertiary alicyclic amines) is 1. The smallest absolute Gasteiger partial charge is 0.233 e. The number of nitrogens with zero attached hydrogens (tertiary/aromatic N) is 4. The van der Waals surface area contributed by atoms with E-state index < -0.39 is 0 Å². The van der Waals surface area contributed by atoms with Crippen molar-refractivity contribution in [1.29, 1.82) is 0 Å². The van der Waals surface area contributed by atoms with Crippen molar-refractivity contribution in [3.63, 3.8) is 0 Å². The maximum atomic E-state index is 12.8. The molecule has 1 saturated heterocycles. The minimum absolute atomic E-state index is 0.156. The molecule has 1 fully saturated rings. The molecule has 0 saturated carbocycles. The summed E-state index contributed by atoms with van der Waals surface area (Å²) >= 11 is 4.68. The van der Waals surface area contributed by atoms with E-state index in [0.717, 1.165) is 51.6 Å². The molecule has 6 nitrogen and oxygen atoms in total. The monoisotopic (exact) mass is 467 g/mol. The van der Waals surface area contributed by atoms with E-state index in [2.05, 4.69) is 27.6 Å². The maximum Gasteiger partial charge on any atom is 0.233 e. The van der Waals surface area contributed by atoms with Gasteiger partial charge in [-0.2, -0.15) is 0 Å². The van der Waals surface area contributed by atoms with Gasteiger partial charge in [0.25, 0.3) is 0 Å². The Hall–Kier alpha value is -2.49. The number of hydrogen-bond acceptors (Lipinski definition) is 8. The number of aromatic nitrogens is 3. The number of carbonyl (C=O) groups excluding carboxylic acids is 1. The topological polar surface area (TPSA) is 71.0 Å². The normalized spacial score (nSPS) is 16.5. The average Bonchev–Trinajstić information content (AvgIpc) is 3.45. The van der Waals surface area contributed by atoms with E-state index in [-0.39, 0.29) is 5.91 Å². The molecule has 2 aromatic heterocycles. The highest BCUT2D eigenvalue weighted by molar-refractivity contribution is 8.01. The lowest BCUT2D eigenvalue weighted by Gasteiger charge is -2.31. The van der Waals surface area contributed by atoms with E-state index in [0.29, 0.717) is 11.7 Å². The number of nitrogens with one attached hydrogen (secondary N) is 1. The Labute approximate surface area is 192 Å². The van der Waals surface area contributed by atoms with Gasteiger partial charge in [-0.3, -0.25) is 4.79 Å². The SMILES string of the molecule is O=C(CSc1nnc(Nc2ccccc2)s1)N1CCC[C@H](c2nc3ccccc3s2)C1. The van der Waals surface area contributed by atoms with Crippen LogP contribution in [0.5, 0.6) is 0 Å². The summed E-state index contributed by atoms with van der Waals surface area (Å²) in [5.74, 6) is 0.860. The molecular formula is C22H21N5OS3. The van der Waals surface area contributed by atoms with Crippen molar-refractivity contribution in [2.45, 2.75) is 23.1 Å². The van der Waals surface area contributed by atoms with Gasteiger partial charge in [0.05, 0.1) is 21.0 Å². The predicted molar refractivity (Wildman–Crippen MR) is 129 cm³/mol. The first-order valence-electron chi connectivity index (χ1n) is 10.2. The minimum Gasteiger partial charge on any atom is -0.341 e. The maximum absolute atomic E-state index is 12.8. The second kappa shape index (κ2) is 9.33. The quantitative estimate of drug-likeness (QED) is 0.383. The zero-order valence-corrected chi connectivity index (χ0v) is 19.2. The number of rotatable bonds is 6. The van der Waals surface area contributed by atoms with Crippen LogP contribution in [0.4, 0.5) is 10.8 Å². The van der Waals surface area contributed by atoms with Crippen LogP contribution in [0, 0.1) is 0 Å². The Kier molecular flexibility index (Phi) is 6.15. The molecule has 4 aromatic rings. The fraction of sp³-hybridized carbons (Fsp3) is 0.273. The zero-order chi connectivity index (χ0) is 21.0. The van der Waals surface area contributed by atoms with Gasteiger partial charge in [-0.1, -0.05) is 53.4 Å². The van der Waals surface area contributed by atoms with Crippen molar-refractivity contribution in [3.05, 3.63) is 59.6 Å². The molecule has 1 aliphatic heterocycles. The fourth-order valence-electron chi connectivity index (χ4n) is 3.65. The number of thioether (sulfide) groups is 1. The van der Waals surface area contributed by atoms with Crippen molar-refractivity contribution >= 4 is 61.4 Å². The molecule has 1 amide bonds. The highest BCUT2D eigenvalue weighted by atomic mass is 32.2.